The molecule has 0 radical (unpaired) electrons. The molecule has 0 aliphatic heterocycles. The summed E-state index contributed by atoms with van der Waals surface area (Å²) in [7, 11) is 0. The van der Waals surface area contributed by atoms with Crippen molar-refractivity contribution in [1.82, 2.24) is 0 Å². The maximum absolute atomic E-state index is 12.1. The Morgan fingerprint density at radius 1 is 1.14 bits per heavy atom. The van der Waals surface area contributed by atoms with E-state index in [2.05, 4.69) is 5.32 Å². The Morgan fingerprint density at radius 2 is 1.82 bits per heavy atom. The first-order valence-corrected chi connectivity index (χ1v) is 7.17. The number of anilines is 1. The van der Waals surface area contributed by atoms with Crippen LogP contribution in [-0.4, -0.2) is 17.8 Å². The smallest absolute Gasteiger partial charge is 0.265 e. The molecule has 1 N–H and O–H groups in total. The third kappa shape index (κ3) is 4.33. The lowest BCUT2D eigenvalue weighted by molar-refractivity contribution is -0.122. The highest BCUT2D eigenvalue weighted by molar-refractivity contribution is 6.30. The third-order valence-corrected chi connectivity index (χ3v) is 3.28. The zero-order chi connectivity index (χ0) is 16.1. The topological polar surface area (TPSA) is 55.4 Å². The van der Waals surface area contributed by atoms with Crippen LogP contribution in [0.15, 0.2) is 48.5 Å². The van der Waals surface area contributed by atoms with Gasteiger partial charge in [0.2, 0.25) is 0 Å². The number of carbonyl (C=O) groups is 2. The predicted molar refractivity (Wildman–Crippen MR) is 86.6 cm³/mol. The SMILES string of the molecule is CC(=O)c1cccc(NC(=O)C(C)Oc2ccc(Cl)cc2)c1. The average Bonchev–Trinajstić information content (AvgIpc) is 2.49. The highest BCUT2D eigenvalue weighted by Crippen LogP contribution is 2.17. The number of ether oxygens (including phenoxy) is 1. The molecule has 0 fully saturated rings. The van der Waals surface area contributed by atoms with E-state index in [1.807, 2.05) is 0 Å². The Hall–Kier alpha value is -2.33. The number of hydrogen-bond acceptors (Lipinski definition) is 3. The van der Waals surface area contributed by atoms with Crippen molar-refractivity contribution < 1.29 is 14.3 Å². The lowest BCUT2D eigenvalue weighted by atomic mass is 10.1. The van der Waals surface area contributed by atoms with Crippen LogP contribution in [0, 0.1) is 0 Å². The highest BCUT2D eigenvalue weighted by atomic mass is 35.5. The van der Waals surface area contributed by atoms with Crippen LogP contribution in [0.4, 0.5) is 5.69 Å². The van der Waals surface area contributed by atoms with Gasteiger partial charge < -0.3 is 10.1 Å². The van der Waals surface area contributed by atoms with Crippen molar-refractivity contribution in [2.75, 3.05) is 5.32 Å². The van der Waals surface area contributed by atoms with Gasteiger partial charge in [0.15, 0.2) is 11.9 Å². The van der Waals surface area contributed by atoms with Gasteiger partial charge in [0.25, 0.3) is 5.91 Å². The minimum Gasteiger partial charge on any atom is -0.481 e. The van der Waals surface area contributed by atoms with Gasteiger partial charge in [0, 0.05) is 16.3 Å². The number of amides is 1. The van der Waals surface area contributed by atoms with Crippen molar-refractivity contribution >= 4 is 29.0 Å². The standard InChI is InChI=1S/C17H16ClNO3/c1-11(20)13-4-3-5-15(10-13)19-17(21)12(2)22-16-8-6-14(18)7-9-16/h3-10,12H,1-2H3,(H,19,21). The summed E-state index contributed by atoms with van der Waals surface area (Å²) in [5.74, 6) is 0.210. The zero-order valence-corrected chi connectivity index (χ0v) is 13.1. The highest BCUT2D eigenvalue weighted by Gasteiger charge is 2.15. The van der Waals surface area contributed by atoms with Gasteiger partial charge in [-0.15, -0.1) is 0 Å². The number of Topliss-reactive ketones (excluding diaryl/α,β-unsaturated/α-hetero) is 1. The molecule has 0 aliphatic rings. The summed E-state index contributed by atoms with van der Waals surface area (Å²) in [5, 5.41) is 3.33. The molecule has 2 aromatic carbocycles. The molecule has 1 atom stereocenters. The lowest BCUT2D eigenvalue weighted by Crippen LogP contribution is -2.30. The normalized spacial score (nSPS) is 11.6. The molecule has 0 heterocycles. The van der Waals surface area contributed by atoms with Crippen LogP contribution in [0.5, 0.6) is 5.75 Å². The first-order chi connectivity index (χ1) is 10.5. The number of hydrogen-bond donors (Lipinski definition) is 1. The summed E-state index contributed by atoms with van der Waals surface area (Å²) >= 11 is 5.80. The van der Waals surface area contributed by atoms with Crippen LogP contribution in [0.2, 0.25) is 5.02 Å². The van der Waals surface area contributed by atoms with E-state index in [4.69, 9.17) is 16.3 Å². The van der Waals surface area contributed by atoms with Crippen molar-refractivity contribution in [2.45, 2.75) is 20.0 Å². The summed E-state index contributed by atoms with van der Waals surface area (Å²) < 4.78 is 5.54. The number of rotatable bonds is 5. The summed E-state index contributed by atoms with van der Waals surface area (Å²) in [6.07, 6.45) is -0.679. The Morgan fingerprint density at radius 3 is 2.45 bits per heavy atom. The minimum absolute atomic E-state index is 0.0541. The quantitative estimate of drug-likeness (QED) is 0.850. The van der Waals surface area contributed by atoms with E-state index in [-0.39, 0.29) is 11.7 Å². The van der Waals surface area contributed by atoms with Gasteiger partial charge >= 0.3 is 0 Å². The van der Waals surface area contributed by atoms with E-state index in [0.29, 0.717) is 22.0 Å². The lowest BCUT2D eigenvalue weighted by Gasteiger charge is -2.15. The van der Waals surface area contributed by atoms with Crippen molar-refractivity contribution in [3.05, 3.63) is 59.1 Å². The number of halogens is 1. The second-order valence-corrected chi connectivity index (χ2v) is 5.28. The summed E-state index contributed by atoms with van der Waals surface area (Å²) in [4.78, 5) is 23.5. The number of ketones is 1. The second-order valence-electron chi connectivity index (χ2n) is 4.84. The van der Waals surface area contributed by atoms with Crippen molar-refractivity contribution in [2.24, 2.45) is 0 Å². The maximum Gasteiger partial charge on any atom is 0.265 e. The molecule has 1 amide bonds. The molecule has 1 unspecified atom stereocenters. The number of carbonyl (C=O) groups excluding carboxylic acids is 2. The van der Waals surface area contributed by atoms with Gasteiger partial charge in [0.05, 0.1) is 0 Å². The Kier molecular flexibility index (Phi) is 5.17. The van der Waals surface area contributed by atoms with E-state index < -0.39 is 6.10 Å². The predicted octanol–water partition coefficient (Wildman–Crippen LogP) is 3.95. The van der Waals surface area contributed by atoms with E-state index in [9.17, 15) is 9.59 Å². The van der Waals surface area contributed by atoms with Gasteiger partial charge in [-0.05, 0) is 50.2 Å². The molecule has 0 aliphatic carbocycles. The fraction of sp³-hybridized carbons (Fsp3) is 0.176. The first kappa shape index (κ1) is 16.0. The fourth-order valence-corrected chi connectivity index (χ4v) is 1.96. The maximum atomic E-state index is 12.1. The third-order valence-electron chi connectivity index (χ3n) is 3.03. The van der Waals surface area contributed by atoms with Crippen LogP contribution >= 0.6 is 11.6 Å². The molecule has 0 aromatic heterocycles. The molecule has 22 heavy (non-hydrogen) atoms. The van der Waals surface area contributed by atoms with Crippen LogP contribution < -0.4 is 10.1 Å². The monoisotopic (exact) mass is 317 g/mol. The molecule has 4 nitrogen and oxygen atoms in total. The molecular weight excluding hydrogens is 302 g/mol. The molecule has 114 valence electrons. The molecule has 0 bridgehead atoms. The molecule has 2 aromatic rings. The van der Waals surface area contributed by atoms with Crippen LogP contribution in [0.3, 0.4) is 0 Å². The molecule has 2 rings (SSSR count). The fourth-order valence-electron chi connectivity index (χ4n) is 1.83. The van der Waals surface area contributed by atoms with Gasteiger partial charge in [-0.2, -0.15) is 0 Å². The van der Waals surface area contributed by atoms with Crippen molar-refractivity contribution in [1.29, 1.82) is 0 Å². The number of benzene rings is 2. The first-order valence-electron chi connectivity index (χ1n) is 6.80. The van der Waals surface area contributed by atoms with Gasteiger partial charge in [-0.3, -0.25) is 9.59 Å². The van der Waals surface area contributed by atoms with E-state index >= 15 is 0 Å². The average molecular weight is 318 g/mol. The van der Waals surface area contributed by atoms with Crippen molar-refractivity contribution in [3.63, 3.8) is 0 Å². The molecule has 0 saturated heterocycles. The molecule has 0 saturated carbocycles. The van der Waals surface area contributed by atoms with E-state index in [1.54, 1.807) is 55.5 Å². The van der Waals surface area contributed by atoms with E-state index in [0.717, 1.165) is 0 Å². The summed E-state index contributed by atoms with van der Waals surface area (Å²) in [6.45, 7) is 3.13. The van der Waals surface area contributed by atoms with Crippen LogP contribution in [0.1, 0.15) is 24.2 Å². The number of nitrogens with one attached hydrogen (secondary N) is 1. The Balaban J connectivity index is 2.00. The van der Waals surface area contributed by atoms with E-state index in [1.165, 1.54) is 6.92 Å². The summed E-state index contributed by atoms with van der Waals surface area (Å²) in [6, 6.07) is 13.6. The Labute approximate surface area is 134 Å². The molecule has 0 spiro atoms. The molecular formula is C17H16ClNO3. The van der Waals surface area contributed by atoms with Crippen LogP contribution in [0.25, 0.3) is 0 Å². The zero-order valence-electron chi connectivity index (χ0n) is 12.3. The van der Waals surface area contributed by atoms with Crippen molar-refractivity contribution in [3.8, 4) is 5.75 Å². The molecule has 5 heteroatoms. The van der Waals surface area contributed by atoms with Gasteiger partial charge in [-0.1, -0.05) is 23.7 Å². The Bertz CT molecular complexity index is 683. The minimum atomic E-state index is -0.679. The summed E-state index contributed by atoms with van der Waals surface area (Å²) in [5.41, 5.74) is 1.10. The van der Waals surface area contributed by atoms with Crippen LogP contribution in [-0.2, 0) is 4.79 Å². The van der Waals surface area contributed by atoms with Gasteiger partial charge in [-0.25, -0.2) is 0 Å². The second kappa shape index (κ2) is 7.09. The largest absolute Gasteiger partial charge is 0.481 e. The van der Waals surface area contributed by atoms with Gasteiger partial charge in [0.1, 0.15) is 5.75 Å².